The predicted molar refractivity (Wildman–Crippen MR) is 95.3 cm³/mol. The van der Waals surface area contributed by atoms with Crippen LogP contribution >= 0.6 is 11.6 Å². The molecule has 3 rings (SSSR count). The van der Waals surface area contributed by atoms with Crippen LogP contribution in [0.3, 0.4) is 0 Å². The molecule has 1 aliphatic carbocycles. The highest BCUT2D eigenvalue weighted by Crippen LogP contribution is 2.39. The minimum atomic E-state index is 0.726. The summed E-state index contributed by atoms with van der Waals surface area (Å²) in [6, 6.07) is 15.8. The van der Waals surface area contributed by atoms with Gasteiger partial charge in [-0.2, -0.15) is 0 Å². The quantitative estimate of drug-likeness (QED) is 0.749. The van der Waals surface area contributed by atoms with Crippen molar-refractivity contribution in [2.75, 3.05) is 14.2 Å². The minimum absolute atomic E-state index is 0.726. The van der Waals surface area contributed by atoms with Crippen LogP contribution in [-0.4, -0.2) is 14.2 Å². The zero-order chi connectivity index (χ0) is 16.2. The first-order valence-electron chi connectivity index (χ1n) is 7.46. The Balaban J connectivity index is 2.07. The molecule has 117 valence electrons. The maximum Gasteiger partial charge on any atom is 0.130 e. The van der Waals surface area contributed by atoms with Crippen LogP contribution in [-0.2, 0) is 4.74 Å². The Labute approximate surface area is 142 Å². The molecule has 0 bridgehead atoms. The zero-order valence-corrected chi connectivity index (χ0v) is 13.9. The number of benzene rings is 2. The van der Waals surface area contributed by atoms with Gasteiger partial charge in [0.1, 0.15) is 11.5 Å². The van der Waals surface area contributed by atoms with Crippen molar-refractivity contribution in [3.63, 3.8) is 0 Å². The maximum absolute atomic E-state index is 6.37. The zero-order valence-electron chi connectivity index (χ0n) is 13.2. The van der Waals surface area contributed by atoms with Crippen LogP contribution < -0.4 is 4.74 Å². The van der Waals surface area contributed by atoms with Gasteiger partial charge in [-0.3, -0.25) is 0 Å². The predicted octanol–water partition coefficient (Wildman–Crippen LogP) is 5.40. The molecule has 2 nitrogen and oxygen atoms in total. The Kier molecular flexibility index (Phi) is 4.73. The normalized spacial score (nSPS) is 14.5. The fourth-order valence-electron chi connectivity index (χ4n) is 2.78. The van der Waals surface area contributed by atoms with E-state index in [1.165, 1.54) is 0 Å². The van der Waals surface area contributed by atoms with E-state index in [9.17, 15) is 0 Å². The molecule has 0 spiro atoms. The summed E-state index contributed by atoms with van der Waals surface area (Å²) >= 11 is 6.37. The number of allylic oxidation sites excluding steroid dienone is 3. The van der Waals surface area contributed by atoms with Gasteiger partial charge >= 0.3 is 0 Å². The number of rotatable bonds is 4. The largest absolute Gasteiger partial charge is 0.497 e. The van der Waals surface area contributed by atoms with Crippen molar-refractivity contribution in [2.45, 2.75) is 6.42 Å². The molecule has 2 aromatic rings. The van der Waals surface area contributed by atoms with Crippen LogP contribution in [0, 0.1) is 6.42 Å². The Hall–Kier alpha value is -2.19. The third-order valence-electron chi connectivity index (χ3n) is 3.90. The van der Waals surface area contributed by atoms with Gasteiger partial charge in [-0.15, -0.1) is 0 Å². The van der Waals surface area contributed by atoms with E-state index in [0.29, 0.717) is 0 Å². The Bertz CT molecular complexity index is 757. The van der Waals surface area contributed by atoms with E-state index >= 15 is 0 Å². The molecule has 0 aromatic heterocycles. The molecule has 0 saturated carbocycles. The lowest BCUT2D eigenvalue weighted by Crippen LogP contribution is -2.04. The second-order valence-corrected chi connectivity index (χ2v) is 5.62. The Morgan fingerprint density at radius 1 is 0.913 bits per heavy atom. The van der Waals surface area contributed by atoms with E-state index in [4.69, 9.17) is 21.1 Å². The lowest BCUT2D eigenvalue weighted by molar-refractivity contribution is 0.312. The van der Waals surface area contributed by atoms with E-state index in [1.807, 2.05) is 48.5 Å². The van der Waals surface area contributed by atoms with E-state index in [2.05, 4.69) is 12.5 Å². The van der Waals surface area contributed by atoms with Crippen molar-refractivity contribution < 1.29 is 9.47 Å². The van der Waals surface area contributed by atoms with Gasteiger partial charge in [0, 0.05) is 21.7 Å². The highest BCUT2D eigenvalue weighted by atomic mass is 35.5. The average Bonchev–Trinajstić information content (AvgIpc) is 2.61. The van der Waals surface area contributed by atoms with Crippen LogP contribution in [0.25, 0.3) is 11.1 Å². The van der Waals surface area contributed by atoms with Crippen molar-refractivity contribution >= 4 is 22.7 Å². The third-order valence-corrected chi connectivity index (χ3v) is 4.23. The summed E-state index contributed by atoms with van der Waals surface area (Å²) in [6.45, 7) is 0. The molecule has 23 heavy (non-hydrogen) atoms. The van der Waals surface area contributed by atoms with Gasteiger partial charge in [-0.05, 0) is 36.6 Å². The molecule has 3 heteroatoms. The monoisotopic (exact) mass is 325 g/mol. The molecule has 2 aromatic carbocycles. The van der Waals surface area contributed by atoms with Crippen LogP contribution in [0.15, 0.2) is 60.4 Å². The first kappa shape index (κ1) is 15.7. The van der Waals surface area contributed by atoms with Crippen LogP contribution in [0.5, 0.6) is 5.75 Å². The molecule has 0 atom stereocenters. The minimum Gasteiger partial charge on any atom is -0.497 e. The number of methoxy groups -OCH3 is 2. The SMILES string of the molecule is COC1=C(c2ccc(OC)cc2)[CH]CC=C1c1ccccc1Cl. The molecular formula is C20H18ClO2. The van der Waals surface area contributed by atoms with Crippen LogP contribution in [0.4, 0.5) is 0 Å². The van der Waals surface area contributed by atoms with Crippen molar-refractivity contribution in [1.29, 1.82) is 0 Å². The molecule has 1 radical (unpaired) electrons. The Morgan fingerprint density at radius 2 is 1.65 bits per heavy atom. The van der Waals surface area contributed by atoms with Crippen LogP contribution in [0.1, 0.15) is 17.5 Å². The molecule has 0 amide bonds. The third kappa shape index (κ3) is 3.13. The second kappa shape index (κ2) is 6.93. The molecule has 0 fully saturated rings. The summed E-state index contributed by atoms with van der Waals surface area (Å²) in [4.78, 5) is 0. The van der Waals surface area contributed by atoms with Gasteiger partial charge in [-0.1, -0.05) is 48.0 Å². The fraction of sp³-hybridized carbons (Fsp3) is 0.150. The summed E-state index contributed by atoms with van der Waals surface area (Å²) in [6.07, 6.45) is 5.16. The summed E-state index contributed by atoms with van der Waals surface area (Å²) in [5.41, 5.74) is 4.20. The van der Waals surface area contributed by atoms with Crippen LogP contribution in [0.2, 0.25) is 5.02 Å². The van der Waals surface area contributed by atoms with Crippen molar-refractivity contribution in [1.82, 2.24) is 0 Å². The molecule has 1 aliphatic rings. The summed E-state index contributed by atoms with van der Waals surface area (Å²) in [7, 11) is 3.36. The van der Waals surface area contributed by atoms with Gasteiger partial charge in [0.15, 0.2) is 0 Å². The lowest BCUT2D eigenvalue weighted by atomic mass is 9.89. The lowest BCUT2D eigenvalue weighted by Gasteiger charge is -2.22. The highest BCUT2D eigenvalue weighted by molar-refractivity contribution is 6.32. The average molecular weight is 326 g/mol. The molecule has 0 unspecified atom stereocenters. The summed E-state index contributed by atoms with van der Waals surface area (Å²) in [5, 5.41) is 0.726. The molecule has 0 aliphatic heterocycles. The van der Waals surface area contributed by atoms with E-state index in [-0.39, 0.29) is 0 Å². The number of hydrogen-bond donors (Lipinski definition) is 0. The highest BCUT2D eigenvalue weighted by Gasteiger charge is 2.21. The van der Waals surface area contributed by atoms with Gasteiger partial charge < -0.3 is 9.47 Å². The van der Waals surface area contributed by atoms with E-state index in [0.717, 1.165) is 45.2 Å². The number of hydrogen-bond acceptors (Lipinski definition) is 2. The maximum atomic E-state index is 6.37. The topological polar surface area (TPSA) is 18.5 Å². The number of halogens is 1. The fourth-order valence-corrected chi connectivity index (χ4v) is 3.01. The number of ether oxygens (including phenoxy) is 2. The van der Waals surface area contributed by atoms with Crippen molar-refractivity contribution in [3.05, 3.63) is 82.9 Å². The Morgan fingerprint density at radius 3 is 2.30 bits per heavy atom. The van der Waals surface area contributed by atoms with Gasteiger partial charge in [-0.25, -0.2) is 0 Å². The van der Waals surface area contributed by atoms with Gasteiger partial charge in [0.2, 0.25) is 0 Å². The molecule has 0 N–H and O–H groups in total. The van der Waals surface area contributed by atoms with E-state index in [1.54, 1.807) is 14.2 Å². The van der Waals surface area contributed by atoms with Crippen molar-refractivity contribution in [2.24, 2.45) is 0 Å². The summed E-state index contributed by atoms with van der Waals surface area (Å²) in [5.74, 6) is 1.68. The van der Waals surface area contributed by atoms with Gasteiger partial charge in [0.25, 0.3) is 0 Å². The molecular weight excluding hydrogens is 308 g/mol. The first-order chi connectivity index (χ1) is 11.2. The van der Waals surface area contributed by atoms with Crippen molar-refractivity contribution in [3.8, 4) is 5.75 Å². The van der Waals surface area contributed by atoms with Gasteiger partial charge in [0.05, 0.1) is 14.2 Å². The first-order valence-corrected chi connectivity index (χ1v) is 7.83. The molecule has 0 heterocycles. The molecule has 0 saturated heterocycles. The smallest absolute Gasteiger partial charge is 0.130 e. The standard InChI is InChI=1S/C20H18ClO2/c1-22-15-12-10-14(11-13-15)16-7-5-8-18(20(16)23-2)17-6-3-4-9-19(17)21/h3-4,6-13H,5H2,1-2H3. The summed E-state index contributed by atoms with van der Waals surface area (Å²) < 4.78 is 11.0. The van der Waals surface area contributed by atoms with E-state index < -0.39 is 0 Å². The second-order valence-electron chi connectivity index (χ2n) is 5.21.